The van der Waals surface area contributed by atoms with Gasteiger partial charge >= 0.3 is 5.97 Å². The molecule has 0 aromatic heterocycles. The van der Waals surface area contributed by atoms with Crippen molar-refractivity contribution in [3.05, 3.63) is 35.4 Å². The van der Waals surface area contributed by atoms with Crippen LogP contribution >= 0.6 is 0 Å². The second-order valence-electron chi connectivity index (χ2n) is 3.09. The van der Waals surface area contributed by atoms with E-state index in [0.717, 1.165) is 5.56 Å². The van der Waals surface area contributed by atoms with Gasteiger partial charge in [-0.05, 0) is 17.7 Å². The molecule has 0 aliphatic heterocycles. The van der Waals surface area contributed by atoms with Crippen LogP contribution in [0.15, 0.2) is 24.3 Å². The lowest BCUT2D eigenvalue weighted by Crippen LogP contribution is -2.04. The Kier molecular flexibility index (Phi) is 4.54. The van der Waals surface area contributed by atoms with Gasteiger partial charge in [0.15, 0.2) is 0 Å². The van der Waals surface area contributed by atoms with Gasteiger partial charge in [-0.1, -0.05) is 18.2 Å². The Morgan fingerprint density at radius 3 is 2.75 bits per heavy atom. The van der Waals surface area contributed by atoms with Crippen molar-refractivity contribution >= 4 is 12.0 Å². The topological polar surface area (TPSA) is 61.5 Å². The van der Waals surface area contributed by atoms with Crippen LogP contribution in [0.4, 0.5) is 0 Å². The lowest BCUT2D eigenvalue weighted by molar-refractivity contribution is 0.0597. The molecule has 0 unspecified atom stereocenters. The van der Waals surface area contributed by atoms with E-state index in [-0.39, 0.29) is 0 Å². The summed E-state index contributed by atoms with van der Waals surface area (Å²) in [6.45, 7) is 0.473. The molecular weight excluding hydrogens is 206 g/mol. The second-order valence-corrected chi connectivity index (χ2v) is 3.09. The van der Waals surface area contributed by atoms with Crippen LogP contribution in [-0.2, 0) is 4.74 Å². The number of methoxy groups -OCH3 is 2. The Balaban J connectivity index is 3.06. The quantitative estimate of drug-likeness (QED) is 0.782. The van der Waals surface area contributed by atoms with Gasteiger partial charge in [0, 0.05) is 6.54 Å². The van der Waals surface area contributed by atoms with Gasteiger partial charge in [0.1, 0.15) is 11.3 Å². The van der Waals surface area contributed by atoms with Crippen LogP contribution in [0.25, 0.3) is 6.08 Å². The number of esters is 1. The molecule has 1 aromatic carbocycles. The summed E-state index contributed by atoms with van der Waals surface area (Å²) in [6, 6.07) is 5.24. The third-order valence-corrected chi connectivity index (χ3v) is 2.08. The third-order valence-electron chi connectivity index (χ3n) is 2.08. The van der Waals surface area contributed by atoms with Crippen LogP contribution < -0.4 is 10.5 Å². The summed E-state index contributed by atoms with van der Waals surface area (Å²) in [5, 5.41) is 0. The van der Waals surface area contributed by atoms with E-state index < -0.39 is 5.97 Å². The number of carbonyl (C=O) groups is 1. The Morgan fingerprint density at radius 1 is 1.44 bits per heavy atom. The summed E-state index contributed by atoms with van der Waals surface area (Å²) in [5.41, 5.74) is 6.69. The molecule has 86 valence electrons. The molecule has 0 spiro atoms. The lowest BCUT2D eigenvalue weighted by atomic mass is 10.1. The number of ether oxygens (including phenoxy) is 2. The van der Waals surface area contributed by atoms with Crippen molar-refractivity contribution in [2.45, 2.75) is 0 Å². The van der Waals surface area contributed by atoms with Crippen molar-refractivity contribution in [2.24, 2.45) is 5.73 Å². The average Bonchev–Trinajstić information content (AvgIpc) is 2.34. The van der Waals surface area contributed by atoms with Gasteiger partial charge in [0.05, 0.1) is 14.2 Å². The van der Waals surface area contributed by atoms with E-state index in [1.165, 1.54) is 14.2 Å². The maximum atomic E-state index is 11.4. The summed E-state index contributed by atoms with van der Waals surface area (Å²) in [5.74, 6) is 0.0808. The van der Waals surface area contributed by atoms with Crippen molar-refractivity contribution in [3.8, 4) is 5.75 Å². The fourth-order valence-electron chi connectivity index (χ4n) is 1.29. The molecule has 16 heavy (non-hydrogen) atoms. The first-order valence-corrected chi connectivity index (χ1v) is 4.86. The minimum absolute atomic E-state index is 0.411. The van der Waals surface area contributed by atoms with Crippen molar-refractivity contribution in [1.29, 1.82) is 0 Å². The Hall–Kier alpha value is -1.81. The first-order valence-electron chi connectivity index (χ1n) is 4.86. The summed E-state index contributed by atoms with van der Waals surface area (Å²) in [7, 11) is 2.85. The van der Waals surface area contributed by atoms with E-state index in [1.807, 2.05) is 12.2 Å². The Labute approximate surface area is 94.7 Å². The predicted octanol–water partition coefficient (Wildman–Crippen LogP) is 1.45. The highest BCUT2D eigenvalue weighted by Crippen LogP contribution is 2.21. The molecule has 0 saturated carbocycles. The zero-order valence-electron chi connectivity index (χ0n) is 9.40. The van der Waals surface area contributed by atoms with Crippen LogP contribution in [0.2, 0.25) is 0 Å². The molecule has 4 nitrogen and oxygen atoms in total. The Morgan fingerprint density at radius 2 is 2.19 bits per heavy atom. The van der Waals surface area contributed by atoms with Crippen molar-refractivity contribution in [1.82, 2.24) is 0 Å². The fraction of sp³-hybridized carbons (Fsp3) is 0.250. The molecule has 4 heteroatoms. The van der Waals surface area contributed by atoms with Gasteiger partial charge in [-0.15, -0.1) is 0 Å². The number of benzene rings is 1. The molecular formula is C12H15NO3. The molecule has 0 aliphatic rings. The normalized spacial score (nSPS) is 10.4. The van der Waals surface area contributed by atoms with E-state index in [4.69, 9.17) is 10.5 Å². The monoisotopic (exact) mass is 221 g/mol. The summed E-state index contributed by atoms with van der Waals surface area (Å²) in [4.78, 5) is 11.4. The molecule has 0 heterocycles. The van der Waals surface area contributed by atoms with Gasteiger partial charge < -0.3 is 15.2 Å². The first kappa shape index (κ1) is 12.3. The molecule has 1 rings (SSSR count). The largest absolute Gasteiger partial charge is 0.496 e. The summed E-state index contributed by atoms with van der Waals surface area (Å²) in [6.07, 6.45) is 3.69. The van der Waals surface area contributed by atoms with E-state index in [2.05, 4.69) is 4.74 Å². The van der Waals surface area contributed by atoms with Gasteiger partial charge in [0.25, 0.3) is 0 Å². The lowest BCUT2D eigenvalue weighted by Gasteiger charge is -2.07. The zero-order chi connectivity index (χ0) is 12.0. The molecule has 0 bridgehead atoms. The molecule has 1 aromatic rings. The summed E-state index contributed by atoms with van der Waals surface area (Å²) >= 11 is 0. The maximum absolute atomic E-state index is 11.4. The summed E-state index contributed by atoms with van der Waals surface area (Å²) < 4.78 is 9.77. The smallest absolute Gasteiger partial charge is 0.341 e. The molecule has 0 aliphatic carbocycles. The molecule has 0 amide bonds. The van der Waals surface area contributed by atoms with Crippen molar-refractivity contribution in [3.63, 3.8) is 0 Å². The second kappa shape index (κ2) is 5.92. The minimum Gasteiger partial charge on any atom is -0.496 e. The highest BCUT2D eigenvalue weighted by molar-refractivity contribution is 5.92. The number of hydrogen-bond acceptors (Lipinski definition) is 4. The highest BCUT2D eigenvalue weighted by Gasteiger charge is 2.12. The highest BCUT2D eigenvalue weighted by atomic mass is 16.5. The number of carbonyl (C=O) groups excluding carboxylic acids is 1. The van der Waals surface area contributed by atoms with Crippen LogP contribution in [0.5, 0.6) is 5.75 Å². The van der Waals surface area contributed by atoms with E-state index in [1.54, 1.807) is 18.2 Å². The predicted molar refractivity (Wildman–Crippen MR) is 62.4 cm³/mol. The van der Waals surface area contributed by atoms with Gasteiger partial charge in [-0.2, -0.15) is 0 Å². The van der Waals surface area contributed by atoms with Crippen LogP contribution in [0.1, 0.15) is 15.9 Å². The average molecular weight is 221 g/mol. The van der Waals surface area contributed by atoms with E-state index in [0.29, 0.717) is 17.9 Å². The zero-order valence-corrected chi connectivity index (χ0v) is 9.40. The molecule has 2 N–H and O–H groups in total. The van der Waals surface area contributed by atoms with Gasteiger partial charge in [0.2, 0.25) is 0 Å². The van der Waals surface area contributed by atoms with Crippen LogP contribution in [0.3, 0.4) is 0 Å². The van der Waals surface area contributed by atoms with Crippen molar-refractivity contribution < 1.29 is 14.3 Å². The van der Waals surface area contributed by atoms with Crippen LogP contribution in [0, 0.1) is 0 Å². The SMILES string of the molecule is COC(=O)c1ccc(C=CCN)cc1OC. The van der Waals surface area contributed by atoms with E-state index >= 15 is 0 Å². The first-order chi connectivity index (χ1) is 7.72. The third kappa shape index (κ3) is 2.84. The standard InChI is InChI=1S/C12H15NO3/c1-15-11-8-9(4-3-7-13)5-6-10(11)12(14)16-2/h3-6,8H,7,13H2,1-2H3. The number of nitrogens with two attached hydrogens (primary N) is 1. The van der Waals surface area contributed by atoms with Gasteiger partial charge in [-0.3, -0.25) is 0 Å². The minimum atomic E-state index is -0.411. The van der Waals surface area contributed by atoms with Crippen molar-refractivity contribution in [2.75, 3.05) is 20.8 Å². The fourth-order valence-corrected chi connectivity index (χ4v) is 1.29. The molecule has 0 saturated heterocycles. The van der Waals surface area contributed by atoms with Gasteiger partial charge in [-0.25, -0.2) is 4.79 Å². The number of rotatable bonds is 4. The van der Waals surface area contributed by atoms with E-state index in [9.17, 15) is 4.79 Å². The molecule has 0 radical (unpaired) electrons. The molecule has 0 fully saturated rings. The Bertz CT molecular complexity index is 399. The van der Waals surface area contributed by atoms with Crippen LogP contribution in [-0.4, -0.2) is 26.7 Å². The number of hydrogen-bond donors (Lipinski definition) is 1. The maximum Gasteiger partial charge on any atom is 0.341 e. The molecule has 0 atom stereocenters.